The molecule has 0 aromatic rings. The molecule has 3 nitrogen and oxygen atoms in total. The van der Waals surface area contributed by atoms with E-state index in [2.05, 4.69) is 5.32 Å². The second-order valence-electron chi connectivity index (χ2n) is 6.07. The van der Waals surface area contributed by atoms with Gasteiger partial charge in [-0.05, 0) is 45.1 Å². The Kier molecular flexibility index (Phi) is 9.48. The van der Waals surface area contributed by atoms with E-state index < -0.39 is 5.72 Å². The third kappa shape index (κ3) is 8.61. The Labute approximate surface area is 118 Å². The van der Waals surface area contributed by atoms with Crippen LogP contribution in [0.25, 0.3) is 0 Å². The average molecular weight is 271 g/mol. The summed E-state index contributed by atoms with van der Waals surface area (Å²) in [6.45, 7) is 1.30. The van der Waals surface area contributed by atoms with Crippen molar-refractivity contribution in [3.63, 3.8) is 0 Å². The summed E-state index contributed by atoms with van der Waals surface area (Å²) in [5.41, 5.74) is -0.553. The van der Waals surface area contributed by atoms with Crippen LogP contribution in [0.15, 0.2) is 0 Å². The fourth-order valence-corrected chi connectivity index (χ4v) is 2.93. The molecule has 0 bridgehead atoms. The molecule has 0 aliphatic heterocycles. The van der Waals surface area contributed by atoms with Gasteiger partial charge < -0.3 is 10.2 Å². The van der Waals surface area contributed by atoms with Crippen molar-refractivity contribution in [2.75, 3.05) is 13.2 Å². The highest BCUT2D eigenvalue weighted by molar-refractivity contribution is 4.79. The van der Waals surface area contributed by atoms with Crippen LogP contribution in [0, 0.1) is 0 Å². The van der Waals surface area contributed by atoms with E-state index in [4.69, 9.17) is 5.11 Å². The molecule has 0 atom stereocenters. The molecule has 0 spiro atoms. The number of rotatable bonds is 11. The molecule has 0 radical (unpaired) electrons. The Morgan fingerprint density at radius 2 is 1.26 bits per heavy atom. The van der Waals surface area contributed by atoms with Crippen LogP contribution < -0.4 is 5.32 Å². The van der Waals surface area contributed by atoms with Crippen LogP contribution >= 0.6 is 0 Å². The van der Waals surface area contributed by atoms with Crippen molar-refractivity contribution in [1.29, 1.82) is 0 Å². The highest BCUT2D eigenvalue weighted by Gasteiger charge is 2.27. The lowest BCUT2D eigenvalue weighted by molar-refractivity contribution is -0.0278. The summed E-state index contributed by atoms with van der Waals surface area (Å²) >= 11 is 0. The van der Waals surface area contributed by atoms with E-state index in [1.165, 1.54) is 51.4 Å². The van der Waals surface area contributed by atoms with Crippen LogP contribution in [0.1, 0.15) is 83.5 Å². The maximum atomic E-state index is 10.3. The molecule has 0 heterocycles. The maximum absolute atomic E-state index is 10.3. The SMILES string of the molecule is OCCCCCCCCCCNC1(O)CCCCC1. The Morgan fingerprint density at radius 1 is 0.737 bits per heavy atom. The van der Waals surface area contributed by atoms with Crippen LogP contribution in [0.5, 0.6) is 0 Å². The van der Waals surface area contributed by atoms with Crippen molar-refractivity contribution in [2.45, 2.75) is 89.2 Å². The molecule has 114 valence electrons. The van der Waals surface area contributed by atoms with E-state index in [-0.39, 0.29) is 0 Å². The van der Waals surface area contributed by atoms with Gasteiger partial charge in [0.1, 0.15) is 5.72 Å². The Bertz CT molecular complexity index is 203. The zero-order valence-corrected chi connectivity index (χ0v) is 12.5. The van der Waals surface area contributed by atoms with Crippen LogP contribution in [-0.2, 0) is 0 Å². The van der Waals surface area contributed by atoms with Crippen molar-refractivity contribution in [1.82, 2.24) is 5.32 Å². The number of nitrogens with one attached hydrogen (secondary N) is 1. The highest BCUT2D eigenvalue weighted by Crippen LogP contribution is 2.25. The van der Waals surface area contributed by atoms with E-state index in [0.717, 1.165) is 38.6 Å². The number of aliphatic hydroxyl groups is 2. The van der Waals surface area contributed by atoms with E-state index in [1.807, 2.05) is 0 Å². The lowest BCUT2D eigenvalue weighted by atomic mass is 9.91. The topological polar surface area (TPSA) is 52.5 Å². The summed E-state index contributed by atoms with van der Waals surface area (Å²) in [6, 6.07) is 0. The summed E-state index contributed by atoms with van der Waals surface area (Å²) in [5.74, 6) is 0. The van der Waals surface area contributed by atoms with Gasteiger partial charge in [-0.3, -0.25) is 5.32 Å². The number of hydrogen-bond donors (Lipinski definition) is 3. The van der Waals surface area contributed by atoms with Gasteiger partial charge >= 0.3 is 0 Å². The van der Waals surface area contributed by atoms with Crippen molar-refractivity contribution in [2.24, 2.45) is 0 Å². The van der Waals surface area contributed by atoms with Crippen molar-refractivity contribution in [3.8, 4) is 0 Å². The average Bonchev–Trinajstić information content (AvgIpc) is 2.42. The maximum Gasteiger partial charge on any atom is 0.116 e. The third-order valence-electron chi connectivity index (χ3n) is 4.22. The molecule has 3 N–H and O–H groups in total. The van der Waals surface area contributed by atoms with E-state index in [1.54, 1.807) is 0 Å². The predicted molar refractivity (Wildman–Crippen MR) is 80.1 cm³/mol. The highest BCUT2D eigenvalue weighted by atomic mass is 16.3. The molecule has 1 saturated carbocycles. The monoisotopic (exact) mass is 271 g/mol. The molecule has 0 unspecified atom stereocenters. The molecule has 0 aromatic carbocycles. The van der Waals surface area contributed by atoms with Gasteiger partial charge in [-0.15, -0.1) is 0 Å². The summed E-state index contributed by atoms with van der Waals surface area (Å²) in [7, 11) is 0. The Balaban J connectivity index is 1.83. The van der Waals surface area contributed by atoms with Crippen LogP contribution in [0.2, 0.25) is 0 Å². The molecule has 1 aliphatic rings. The van der Waals surface area contributed by atoms with E-state index in [0.29, 0.717) is 6.61 Å². The van der Waals surface area contributed by atoms with Gasteiger partial charge in [-0.1, -0.05) is 44.9 Å². The van der Waals surface area contributed by atoms with Crippen LogP contribution in [0.4, 0.5) is 0 Å². The fourth-order valence-electron chi connectivity index (χ4n) is 2.93. The molecule has 19 heavy (non-hydrogen) atoms. The zero-order chi connectivity index (χ0) is 13.8. The van der Waals surface area contributed by atoms with Gasteiger partial charge in [0.25, 0.3) is 0 Å². The second kappa shape index (κ2) is 10.6. The predicted octanol–water partition coefficient (Wildman–Crippen LogP) is 3.34. The molecular formula is C16H33NO2. The van der Waals surface area contributed by atoms with Crippen molar-refractivity contribution in [3.05, 3.63) is 0 Å². The fraction of sp³-hybridized carbons (Fsp3) is 1.00. The second-order valence-corrected chi connectivity index (χ2v) is 6.07. The number of hydrogen-bond acceptors (Lipinski definition) is 3. The summed E-state index contributed by atoms with van der Waals surface area (Å²) in [4.78, 5) is 0. The Hall–Kier alpha value is -0.120. The normalized spacial score (nSPS) is 18.6. The molecule has 3 heteroatoms. The number of aliphatic hydroxyl groups excluding tert-OH is 1. The van der Waals surface area contributed by atoms with Crippen molar-refractivity contribution < 1.29 is 10.2 Å². The summed E-state index contributed by atoms with van der Waals surface area (Å²) < 4.78 is 0. The van der Waals surface area contributed by atoms with Gasteiger partial charge in [0.15, 0.2) is 0 Å². The molecule has 0 saturated heterocycles. The zero-order valence-electron chi connectivity index (χ0n) is 12.5. The van der Waals surface area contributed by atoms with Gasteiger partial charge in [-0.2, -0.15) is 0 Å². The molecule has 0 amide bonds. The van der Waals surface area contributed by atoms with Gasteiger partial charge in [-0.25, -0.2) is 0 Å². The minimum atomic E-state index is -0.553. The largest absolute Gasteiger partial charge is 0.396 e. The molecular weight excluding hydrogens is 238 g/mol. The number of unbranched alkanes of at least 4 members (excludes halogenated alkanes) is 7. The Morgan fingerprint density at radius 3 is 1.84 bits per heavy atom. The van der Waals surface area contributed by atoms with Gasteiger partial charge in [0.05, 0.1) is 0 Å². The third-order valence-corrected chi connectivity index (χ3v) is 4.22. The molecule has 1 aliphatic carbocycles. The first kappa shape index (κ1) is 16.9. The lowest BCUT2D eigenvalue weighted by Gasteiger charge is -2.33. The van der Waals surface area contributed by atoms with Crippen LogP contribution in [0.3, 0.4) is 0 Å². The van der Waals surface area contributed by atoms with E-state index >= 15 is 0 Å². The van der Waals surface area contributed by atoms with Crippen molar-refractivity contribution >= 4 is 0 Å². The standard InChI is InChI=1S/C16H33NO2/c18-15-11-6-4-2-1-3-5-10-14-17-16(19)12-8-7-9-13-16/h17-19H,1-15H2. The summed E-state index contributed by atoms with van der Waals surface area (Å²) in [5, 5.41) is 22.3. The van der Waals surface area contributed by atoms with E-state index in [9.17, 15) is 5.11 Å². The first-order valence-electron chi connectivity index (χ1n) is 8.35. The smallest absolute Gasteiger partial charge is 0.116 e. The molecule has 1 rings (SSSR count). The van der Waals surface area contributed by atoms with Gasteiger partial charge in [0, 0.05) is 6.61 Å². The molecule has 1 fully saturated rings. The minimum Gasteiger partial charge on any atom is -0.396 e. The lowest BCUT2D eigenvalue weighted by Crippen LogP contribution is -2.46. The minimum absolute atomic E-state index is 0.342. The summed E-state index contributed by atoms with van der Waals surface area (Å²) in [6.07, 6.45) is 15.2. The molecule has 0 aromatic heterocycles. The van der Waals surface area contributed by atoms with Crippen LogP contribution in [-0.4, -0.2) is 29.1 Å². The quantitative estimate of drug-likeness (QED) is 0.399. The first-order valence-corrected chi connectivity index (χ1v) is 8.35. The van der Waals surface area contributed by atoms with Gasteiger partial charge in [0.2, 0.25) is 0 Å². The first-order chi connectivity index (χ1) is 9.27.